The van der Waals surface area contributed by atoms with Crippen LogP contribution < -0.4 is 5.32 Å². The van der Waals surface area contributed by atoms with Crippen molar-refractivity contribution in [3.63, 3.8) is 0 Å². The fraction of sp³-hybridized carbons (Fsp3) is 0.625. The van der Waals surface area contributed by atoms with Crippen molar-refractivity contribution in [3.8, 4) is 0 Å². The number of benzene rings is 1. The largest absolute Gasteiger partial charge is 0.315 e. The second-order valence-corrected chi connectivity index (χ2v) is 6.05. The van der Waals surface area contributed by atoms with Crippen LogP contribution in [-0.4, -0.2) is 57.1 Å². The highest BCUT2D eigenvalue weighted by Gasteiger charge is 2.10. The molecule has 1 aromatic carbocycles. The highest BCUT2D eigenvalue weighted by Crippen LogP contribution is 2.20. The SMILES string of the molecule is CC(c1ccc(Cl)cc1)N(C)CCNCCCN(C)C. The van der Waals surface area contributed by atoms with Crippen molar-refractivity contribution >= 4 is 11.6 Å². The molecule has 0 spiro atoms. The molecule has 20 heavy (non-hydrogen) atoms. The Balaban J connectivity index is 2.21. The minimum absolute atomic E-state index is 0.413. The first-order chi connectivity index (χ1) is 9.50. The third-order valence-corrected chi connectivity index (χ3v) is 3.87. The van der Waals surface area contributed by atoms with Crippen molar-refractivity contribution in [1.29, 1.82) is 0 Å². The van der Waals surface area contributed by atoms with Gasteiger partial charge in [-0.2, -0.15) is 0 Å². The third-order valence-electron chi connectivity index (χ3n) is 3.61. The number of hydrogen-bond donors (Lipinski definition) is 1. The van der Waals surface area contributed by atoms with E-state index in [-0.39, 0.29) is 0 Å². The maximum absolute atomic E-state index is 5.92. The molecule has 3 nitrogen and oxygen atoms in total. The lowest BCUT2D eigenvalue weighted by Gasteiger charge is -2.25. The first kappa shape index (κ1) is 17.4. The van der Waals surface area contributed by atoms with E-state index < -0.39 is 0 Å². The minimum Gasteiger partial charge on any atom is -0.315 e. The van der Waals surface area contributed by atoms with E-state index in [9.17, 15) is 0 Å². The van der Waals surface area contributed by atoms with E-state index >= 15 is 0 Å². The number of halogens is 1. The molecule has 0 saturated heterocycles. The van der Waals surface area contributed by atoms with Crippen LogP contribution in [0.1, 0.15) is 24.9 Å². The van der Waals surface area contributed by atoms with Gasteiger partial charge in [0.1, 0.15) is 0 Å². The maximum Gasteiger partial charge on any atom is 0.0406 e. The summed E-state index contributed by atoms with van der Waals surface area (Å²) in [6.45, 7) is 6.54. The van der Waals surface area contributed by atoms with Gasteiger partial charge in [-0.3, -0.25) is 4.90 Å². The number of nitrogens with zero attached hydrogens (tertiary/aromatic N) is 2. The Kier molecular flexibility index (Phi) is 8.15. The topological polar surface area (TPSA) is 18.5 Å². The minimum atomic E-state index is 0.413. The lowest BCUT2D eigenvalue weighted by molar-refractivity contribution is 0.260. The third kappa shape index (κ3) is 6.71. The molecule has 0 amide bonds. The molecule has 1 N–H and O–H groups in total. The molecule has 0 radical (unpaired) electrons. The number of likely N-dealkylation sites (N-methyl/N-ethyl adjacent to an activating group) is 1. The van der Waals surface area contributed by atoms with Gasteiger partial charge >= 0.3 is 0 Å². The van der Waals surface area contributed by atoms with E-state index in [4.69, 9.17) is 11.6 Å². The zero-order chi connectivity index (χ0) is 15.0. The van der Waals surface area contributed by atoms with E-state index in [1.165, 1.54) is 12.0 Å². The lowest BCUT2D eigenvalue weighted by atomic mass is 10.1. The molecule has 1 rings (SSSR count). The van der Waals surface area contributed by atoms with Crippen LogP contribution in [0.15, 0.2) is 24.3 Å². The van der Waals surface area contributed by atoms with Gasteiger partial charge in [0.15, 0.2) is 0 Å². The molecule has 0 fully saturated rings. The van der Waals surface area contributed by atoms with E-state index in [0.717, 1.165) is 31.2 Å². The zero-order valence-electron chi connectivity index (χ0n) is 13.2. The molecule has 114 valence electrons. The Hall–Kier alpha value is -0.610. The van der Waals surface area contributed by atoms with Gasteiger partial charge in [-0.1, -0.05) is 23.7 Å². The Bertz CT molecular complexity index is 364. The highest BCUT2D eigenvalue weighted by molar-refractivity contribution is 6.30. The molecule has 0 aliphatic heterocycles. The summed E-state index contributed by atoms with van der Waals surface area (Å²) >= 11 is 5.92. The van der Waals surface area contributed by atoms with Gasteiger partial charge in [-0.15, -0.1) is 0 Å². The zero-order valence-corrected chi connectivity index (χ0v) is 14.0. The highest BCUT2D eigenvalue weighted by atomic mass is 35.5. The molecule has 0 bridgehead atoms. The van der Waals surface area contributed by atoms with Crippen LogP contribution in [0.4, 0.5) is 0 Å². The monoisotopic (exact) mass is 297 g/mol. The summed E-state index contributed by atoms with van der Waals surface area (Å²) in [6, 6.07) is 8.54. The molecule has 0 aromatic heterocycles. The van der Waals surface area contributed by atoms with E-state index in [1.807, 2.05) is 12.1 Å². The van der Waals surface area contributed by atoms with Crippen LogP contribution in [0.3, 0.4) is 0 Å². The lowest BCUT2D eigenvalue weighted by Crippen LogP contribution is -2.32. The van der Waals surface area contributed by atoms with Gasteiger partial charge in [0.05, 0.1) is 0 Å². The van der Waals surface area contributed by atoms with Gasteiger partial charge in [-0.05, 0) is 65.3 Å². The van der Waals surface area contributed by atoms with E-state index in [1.54, 1.807) is 0 Å². The summed E-state index contributed by atoms with van der Waals surface area (Å²) in [5.41, 5.74) is 1.31. The molecule has 0 heterocycles. The Labute approximate surface area is 128 Å². The predicted octanol–water partition coefficient (Wildman–Crippen LogP) is 2.87. The number of hydrogen-bond acceptors (Lipinski definition) is 3. The molecule has 0 aliphatic carbocycles. The van der Waals surface area contributed by atoms with Crippen molar-refractivity contribution in [2.75, 3.05) is 47.3 Å². The van der Waals surface area contributed by atoms with Crippen LogP contribution >= 0.6 is 11.6 Å². The summed E-state index contributed by atoms with van der Waals surface area (Å²) in [5, 5.41) is 4.30. The normalized spacial score (nSPS) is 13.2. The van der Waals surface area contributed by atoms with Crippen molar-refractivity contribution in [2.45, 2.75) is 19.4 Å². The van der Waals surface area contributed by atoms with Crippen molar-refractivity contribution in [1.82, 2.24) is 15.1 Å². The van der Waals surface area contributed by atoms with Crippen LogP contribution in [0.5, 0.6) is 0 Å². The second-order valence-electron chi connectivity index (χ2n) is 5.61. The van der Waals surface area contributed by atoms with E-state index in [2.05, 4.69) is 55.3 Å². The number of rotatable bonds is 9. The van der Waals surface area contributed by atoms with Crippen LogP contribution in [-0.2, 0) is 0 Å². The summed E-state index contributed by atoms with van der Waals surface area (Å²) < 4.78 is 0. The smallest absolute Gasteiger partial charge is 0.0406 e. The molecule has 1 atom stereocenters. The molecule has 1 aromatic rings. The standard InChI is InChI=1S/C16H28ClN3/c1-14(15-6-8-16(17)9-7-15)20(4)13-11-18-10-5-12-19(2)3/h6-9,14,18H,5,10-13H2,1-4H3. The molecular formula is C16H28ClN3. The first-order valence-electron chi connectivity index (χ1n) is 7.32. The molecular weight excluding hydrogens is 270 g/mol. The molecule has 1 unspecified atom stereocenters. The fourth-order valence-electron chi connectivity index (χ4n) is 2.09. The van der Waals surface area contributed by atoms with Crippen LogP contribution in [0.25, 0.3) is 0 Å². The molecule has 4 heteroatoms. The Morgan fingerprint density at radius 1 is 1.05 bits per heavy atom. The van der Waals surface area contributed by atoms with Gasteiger partial charge < -0.3 is 10.2 Å². The summed E-state index contributed by atoms with van der Waals surface area (Å²) in [6.07, 6.45) is 1.20. The second kappa shape index (κ2) is 9.35. The van der Waals surface area contributed by atoms with Crippen molar-refractivity contribution < 1.29 is 0 Å². The van der Waals surface area contributed by atoms with Crippen LogP contribution in [0.2, 0.25) is 5.02 Å². The van der Waals surface area contributed by atoms with E-state index in [0.29, 0.717) is 6.04 Å². The quantitative estimate of drug-likeness (QED) is 0.707. The summed E-state index contributed by atoms with van der Waals surface area (Å²) in [7, 11) is 6.39. The summed E-state index contributed by atoms with van der Waals surface area (Å²) in [4.78, 5) is 4.58. The average Bonchev–Trinajstić information content (AvgIpc) is 2.42. The fourth-order valence-corrected chi connectivity index (χ4v) is 2.22. The Morgan fingerprint density at radius 3 is 2.30 bits per heavy atom. The predicted molar refractivity (Wildman–Crippen MR) is 88.5 cm³/mol. The van der Waals surface area contributed by atoms with Gasteiger partial charge in [-0.25, -0.2) is 0 Å². The first-order valence-corrected chi connectivity index (χ1v) is 7.69. The summed E-state index contributed by atoms with van der Waals surface area (Å²) in [5.74, 6) is 0. The van der Waals surface area contributed by atoms with Gasteiger partial charge in [0.2, 0.25) is 0 Å². The van der Waals surface area contributed by atoms with Crippen LogP contribution in [0, 0.1) is 0 Å². The molecule has 0 aliphatic rings. The van der Waals surface area contributed by atoms with Gasteiger partial charge in [0, 0.05) is 24.2 Å². The maximum atomic E-state index is 5.92. The Morgan fingerprint density at radius 2 is 1.70 bits per heavy atom. The molecule has 0 saturated carbocycles. The van der Waals surface area contributed by atoms with Gasteiger partial charge in [0.25, 0.3) is 0 Å². The van der Waals surface area contributed by atoms with Crippen molar-refractivity contribution in [3.05, 3.63) is 34.9 Å². The number of nitrogens with one attached hydrogen (secondary N) is 1. The van der Waals surface area contributed by atoms with Crippen molar-refractivity contribution in [2.24, 2.45) is 0 Å². The average molecular weight is 298 g/mol.